The van der Waals surface area contributed by atoms with Gasteiger partial charge in [0.2, 0.25) is 5.91 Å². The summed E-state index contributed by atoms with van der Waals surface area (Å²) >= 11 is 0. The highest BCUT2D eigenvalue weighted by molar-refractivity contribution is 5.79. The number of amides is 1. The van der Waals surface area contributed by atoms with Gasteiger partial charge in [0.15, 0.2) is 0 Å². The number of carbonyl (C=O) groups is 1. The molecule has 220 valence electrons. The van der Waals surface area contributed by atoms with Crippen molar-refractivity contribution in [3.8, 4) is 0 Å². The number of hydrogen-bond donors (Lipinski definition) is 5. The average Bonchev–Trinajstić information content (AvgIpc) is 3.35. The second-order valence-corrected chi connectivity index (χ2v) is 11.6. The Labute approximate surface area is 226 Å². The van der Waals surface area contributed by atoms with Gasteiger partial charge in [0.05, 0.1) is 38.2 Å². The van der Waals surface area contributed by atoms with Gasteiger partial charge in [-0.15, -0.1) is 0 Å². The molecule has 4 rings (SSSR count). The molecule has 0 radical (unpaired) electrons. The van der Waals surface area contributed by atoms with Crippen molar-refractivity contribution in [3.63, 3.8) is 0 Å². The van der Waals surface area contributed by atoms with Crippen LogP contribution in [0.2, 0.25) is 0 Å². The minimum absolute atomic E-state index is 0.0211. The van der Waals surface area contributed by atoms with E-state index < -0.39 is 6.43 Å². The SMILES string of the molecule is COC1CCC(C2CNC3C(NC4CCC(C(=O)NCCOCCNCC(F)F)C(C)C4)NCCN23)CC1. The molecule has 11 heteroatoms. The molecule has 0 aromatic rings. The number of fused-ring (bicyclic) bond motifs is 1. The molecule has 0 aromatic heterocycles. The van der Waals surface area contributed by atoms with Gasteiger partial charge in [0, 0.05) is 57.8 Å². The van der Waals surface area contributed by atoms with Crippen molar-refractivity contribution in [2.75, 3.05) is 59.6 Å². The Hall–Kier alpha value is -0.950. The van der Waals surface area contributed by atoms with Crippen molar-refractivity contribution in [1.29, 1.82) is 0 Å². The summed E-state index contributed by atoms with van der Waals surface area (Å²) in [6, 6.07) is 1.01. The van der Waals surface area contributed by atoms with Crippen LogP contribution in [0.3, 0.4) is 0 Å². The number of ether oxygens (including phenoxy) is 2. The van der Waals surface area contributed by atoms with E-state index >= 15 is 0 Å². The molecule has 38 heavy (non-hydrogen) atoms. The molecular formula is C27H50F2N6O3. The number of carbonyl (C=O) groups excluding carboxylic acids is 1. The topological polar surface area (TPSA) is 98.9 Å². The summed E-state index contributed by atoms with van der Waals surface area (Å²) in [7, 11) is 1.84. The van der Waals surface area contributed by atoms with E-state index in [0.717, 1.165) is 44.8 Å². The molecule has 2 saturated heterocycles. The maximum atomic E-state index is 12.8. The molecule has 1 amide bonds. The molecule has 0 bridgehead atoms. The summed E-state index contributed by atoms with van der Waals surface area (Å²) in [6.45, 7) is 6.58. The number of methoxy groups -OCH3 is 1. The summed E-state index contributed by atoms with van der Waals surface area (Å²) in [6.07, 6.45) is 6.36. The fourth-order valence-corrected chi connectivity index (χ4v) is 7.08. The molecule has 2 aliphatic heterocycles. The first-order valence-electron chi connectivity index (χ1n) is 14.8. The zero-order valence-electron chi connectivity index (χ0n) is 23.2. The minimum Gasteiger partial charge on any atom is -0.381 e. The average molecular weight is 545 g/mol. The molecule has 2 saturated carbocycles. The fraction of sp³-hybridized carbons (Fsp3) is 0.963. The second kappa shape index (κ2) is 15.2. The Balaban J connectivity index is 1.14. The van der Waals surface area contributed by atoms with E-state index in [1.54, 1.807) is 0 Å². The third-order valence-corrected chi connectivity index (χ3v) is 9.15. The standard InChI is InChI=1S/C27H50F2N6O3/c1-18-15-20(5-8-22(18)27(36)32-11-14-38-13-10-30-17-24(28)29)34-25-26-33-16-23(35(26)12-9-31-25)19-3-6-21(37-2)7-4-19/h18-26,30-31,33-34H,3-17H2,1-2H3,(H,32,36). The van der Waals surface area contributed by atoms with Crippen LogP contribution in [0.4, 0.5) is 8.78 Å². The highest BCUT2D eigenvalue weighted by Gasteiger charge is 2.44. The first-order chi connectivity index (χ1) is 18.5. The lowest BCUT2D eigenvalue weighted by molar-refractivity contribution is -0.128. The number of nitrogens with one attached hydrogen (secondary N) is 5. The lowest BCUT2D eigenvalue weighted by Crippen LogP contribution is -2.67. The number of halogens is 2. The summed E-state index contributed by atoms with van der Waals surface area (Å²) < 4.78 is 35.2. The molecule has 2 heterocycles. The Morgan fingerprint density at radius 2 is 1.87 bits per heavy atom. The molecule has 9 nitrogen and oxygen atoms in total. The van der Waals surface area contributed by atoms with E-state index in [4.69, 9.17) is 9.47 Å². The number of hydrogen-bond acceptors (Lipinski definition) is 8. The lowest BCUT2D eigenvalue weighted by Gasteiger charge is -2.45. The van der Waals surface area contributed by atoms with E-state index in [9.17, 15) is 13.6 Å². The highest BCUT2D eigenvalue weighted by Crippen LogP contribution is 2.34. The van der Waals surface area contributed by atoms with Crippen LogP contribution in [0.25, 0.3) is 0 Å². The molecule has 6 unspecified atom stereocenters. The normalized spacial score (nSPS) is 36.3. The smallest absolute Gasteiger partial charge is 0.250 e. The molecule has 2 aliphatic carbocycles. The van der Waals surface area contributed by atoms with Crippen molar-refractivity contribution >= 4 is 5.91 Å². The van der Waals surface area contributed by atoms with E-state index in [0.29, 0.717) is 56.6 Å². The van der Waals surface area contributed by atoms with Crippen molar-refractivity contribution < 1.29 is 23.0 Å². The summed E-state index contributed by atoms with van der Waals surface area (Å²) in [4.78, 5) is 15.5. The summed E-state index contributed by atoms with van der Waals surface area (Å²) in [5.41, 5.74) is 0. The van der Waals surface area contributed by atoms with Gasteiger partial charge in [0.1, 0.15) is 0 Å². The lowest BCUT2D eigenvalue weighted by atomic mass is 9.77. The molecular weight excluding hydrogens is 494 g/mol. The summed E-state index contributed by atoms with van der Waals surface area (Å²) in [5, 5.41) is 17.1. The first kappa shape index (κ1) is 30.0. The van der Waals surface area contributed by atoms with Gasteiger partial charge in [-0.05, 0) is 56.8 Å². The van der Waals surface area contributed by atoms with Gasteiger partial charge in [-0.3, -0.25) is 25.6 Å². The van der Waals surface area contributed by atoms with Crippen LogP contribution in [-0.4, -0.2) is 107 Å². The number of rotatable bonds is 13. The van der Waals surface area contributed by atoms with Gasteiger partial charge in [-0.2, -0.15) is 0 Å². The second-order valence-electron chi connectivity index (χ2n) is 11.6. The van der Waals surface area contributed by atoms with E-state index in [1.807, 2.05) is 7.11 Å². The van der Waals surface area contributed by atoms with Crippen LogP contribution in [0.1, 0.15) is 51.9 Å². The number of piperazine rings is 1. The number of nitrogens with zero attached hydrogens (tertiary/aromatic N) is 1. The Kier molecular flexibility index (Phi) is 12.0. The van der Waals surface area contributed by atoms with Crippen molar-refractivity contribution in [2.45, 2.75) is 88.8 Å². The van der Waals surface area contributed by atoms with E-state index in [2.05, 4.69) is 38.4 Å². The van der Waals surface area contributed by atoms with Crippen molar-refractivity contribution in [3.05, 3.63) is 0 Å². The van der Waals surface area contributed by atoms with Gasteiger partial charge < -0.3 is 20.1 Å². The van der Waals surface area contributed by atoms with Crippen LogP contribution in [0, 0.1) is 17.8 Å². The quantitative estimate of drug-likeness (QED) is 0.220. The molecule has 4 fully saturated rings. The Morgan fingerprint density at radius 1 is 1.08 bits per heavy atom. The third-order valence-electron chi connectivity index (χ3n) is 9.15. The van der Waals surface area contributed by atoms with E-state index in [-0.39, 0.29) is 24.5 Å². The molecule has 6 atom stereocenters. The van der Waals surface area contributed by atoms with Crippen LogP contribution < -0.4 is 26.6 Å². The molecule has 0 aromatic carbocycles. The van der Waals surface area contributed by atoms with Gasteiger partial charge in [-0.1, -0.05) is 6.92 Å². The maximum Gasteiger partial charge on any atom is 0.250 e. The van der Waals surface area contributed by atoms with Gasteiger partial charge in [-0.25, -0.2) is 8.78 Å². The van der Waals surface area contributed by atoms with Crippen molar-refractivity contribution in [1.82, 2.24) is 31.5 Å². The zero-order valence-corrected chi connectivity index (χ0v) is 23.2. The fourth-order valence-electron chi connectivity index (χ4n) is 7.08. The largest absolute Gasteiger partial charge is 0.381 e. The van der Waals surface area contributed by atoms with Crippen LogP contribution in [0.5, 0.6) is 0 Å². The maximum absolute atomic E-state index is 12.8. The molecule has 4 aliphatic rings. The Bertz CT molecular complexity index is 714. The van der Waals surface area contributed by atoms with Crippen LogP contribution in [0.15, 0.2) is 0 Å². The predicted molar refractivity (Wildman–Crippen MR) is 143 cm³/mol. The monoisotopic (exact) mass is 544 g/mol. The van der Waals surface area contributed by atoms with Crippen molar-refractivity contribution in [2.24, 2.45) is 17.8 Å². The van der Waals surface area contributed by atoms with Crippen LogP contribution >= 0.6 is 0 Å². The summed E-state index contributed by atoms with van der Waals surface area (Å²) in [5.74, 6) is 1.17. The van der Waals surface area contributed by atoms with Crippen LogP contribution in [-0.2, 0) is 14.3 Å². The Morgan fingerprint density at radius 3 is 2.61 bits per heavy atom. The minimum atomic E-state index is -2.35. The zero-order chi connectivity index (χ0) is 26.9. The first-order valence-corrected chi connectivity index (χ1v) is 14.8. The molecule has 0 spiro atoms. The van der Waals surface area contributed by atoms with Gasteiger partial charge >= 0.3 is 0 Å². The van der Waals surface area contributed by atoms with E-state index in [1.165, 1.54) is 25.7 Å². The predicted octanol–water partition coefficient (Wildman–Crippen LogP) is 1.10. The van der Waals surface area contributed by atoms with Gasteiger partial charge in [0.25, 0.3) is 6.43 Å². The number of alkyl halides is 2. The highest BCUT2D eigenvalue weighted by atomic mass is 19.3. The molecule has 5 N–H and O–H groups in total. The third kappa shape index (κ3) is 8.28.